The zero-order chi connectivity index (χ0) is 14.6. The highest BCUT2D eigenvalue weighted by Gasteiger charge is 2.14. The van der Waals surface area contributed by atoms with Gasteiger partial charge in [-0.25, -0.2) is 8.42 Å². The average Bonchev–Trinajstić information content (AvgIpc) is 2.41. The number of benzene rings is 2. The Labute approximate surface area is 140 Å². The summed E-state index contributed by atoms with van der Waals surface area (Å²) in [5, 5.41) is 0. The average molecular weight is 436 g/mol. The zero-order valence-corrected chi connectivity index (χ0v) is 15.2. The molecule has 2 rings (SSSR count). The minimum absolute atomic E-state index is 0.126. The number of hydrogen-bond acceptors (Lipinski definition) is 3. The Hall–Kier alpha value is -0.300. The van der Waals surface area contributed by atoms with Gasteiger partial charge in [-0.05, 0) is 52.3 Å². The van der Waals surface area contributed by atoms with Crippen molar-refractivity contribution in [1.29, 1.82) is 0 Å². The molecule has 0 radical (unpaired) electrons. The maximum Gasteiger partial charge on any atom is 0.179 e. The van der Waals surface area contributed by atoms with E-state index in [1.165, 1.54) is 11.8 Å². The van der Waals surface area contributed by atoms with Gasteiger partial charge in [0.2, 0.25) is 0 Å². The van der Waals surface area contributed by atoms with E-state index < -0.39 is 9.84 Å². The molecule has 0 unspecified atom stereocenters. The van der Waals surface area contributed by atoms with E-state index in [1.807, 2.05) is 24.3 Å². The lowest BCUT2D eigenvalue weighted by Crippen LogP contribution is -2.08. The molecular formula is C14H12Br2O2S2. The first kappa shape index (κ1) is 16.1. The summed E-state index contributed by atoms with van der Waals surface area (Å²) in [4.78, 5) is 1.42. The van der Waals surface area contributed by atoms with Crippen LogP contribution in [0, 0.1) is 0 Å². The summed E-state index contributed by atoms with van der Waals surface area (Å²) in [5.74, 6) is 0.654. The Morgan fingerprint density at radius 3 is 2.25 bits per heavy atom. The van der Waals surface area contributed by atoms with Crippen molar-refractivity contribution in [3.63, 3.8) is 0 Å². The molecule has 20 heavy (non-hydrogen) atoms. The molecule has 0 amide bonds. The van der Waals surface area contributed by atoms with Gasteiger partial charge in [0.25, 0.3) is 0 Å². The van der Waals surface area contributed by atoms with Gasteiger partial charge in [0.15, 0.2) is 9.84 Å². The molecule has 0 fully saturated rings. The third kappa shape index (κ3) is 4.35. The van der Waals surface area contributed by atoms with Crippen LogP contribution >= 0.6 is 43.6 Å². The van der Waals surface area contributed by atoms with Gasteiger partial charge >= 0.3 is 0 Å². The second-order valence-electron chi connectivity index (χ2n) is 4.05. The highest BCUT2D eigenvalue weighted by atomic mass is 79.9. The summed E-state index contributed by atoms with van der Waals surface area (Å²) in [6.07, 6.45) is 0. The number of thioether (sulfide) groups is 1. The zero-order valence-electron chi connectivity index (χ0n) is 10.4. The second-order valence-corrected chi connectivity index (χ2v) is 9.07. The van der Waals surface area contributed by atoms with Gasteiger partial charge in [-0.15, -0.1) is 11.8 Å². The molecule has 0 atom stereocenters. The summed E-state index contributed by atoms with van der Waals surface area (Å²) >= 11 is 8.29. The maximum absolute atomic E-state index is 12.2. The van der Waals surface area contributed by atoms with Crippen LogP contribution in [0.5, 0.6) is 0 Å². The van der Waals surface area contributed by atoms with Gasteiger partial charge < -0.3 is 0 Å². The predicted molar refractivity (Wildman–Crippen MR) is 91.1 cm³/mol. The molecule has 0 bridgehead atoms. The smallest absolute Gasteiger partial charge is 0.179 e. The molecule has 0 saturated heterocycles. The molecular weight excluding hydrogens is 424 g/mol. The van der Waals surface area contributed by atoms with Gasteiger partial charge in [0, 0.05) is 19.6 Å². The SMILES string of the molecule is O=S(=O)(CCSc1ccccc1Br)c1ccc(Br)cc1. The van der Waals surface area contributed by atoms with Gasteiger partial charge in [0.1, 0.15) is 0 Å². The van der Waals surface area contributed by atoms with Gasteiger partial charge in [-0.3, -0.25) is 0 Å². The Morgan fingerprint density at radius 1 is 0.950 bits per heavy atom. The maximum atomic E-state index is 12.2. The molecule has 0 spiro atoms. The van der Waals surface area contributed by atoms with Crippen molar-refractivity contribution in [1.82, 2.24) is 0 Å². The standard InChI is InChI=1S/C14H12Br2O2S2/c15-11-5-7-12(8-6-11)20(17,18)10-9-19-14-4-2-1-3-13(14)16/h1-8H,9-10H2. The number of rotatable bonds is 5. The van der Waals surface area contributed by atoms with E-state index in [0.29, 0.717) is 10.6 Å². The van der Waals surface area contributed by atoms with Crippen LogP contribution in [0.25, 0.3) is 0 Å². The Balaban J connectivity index is 2.00. The van der Waals surface area contributed by atoms with Gasteiger partial charge in [-0.2, -0.15) is 0 Å². The molecule has 2 nitrogen and oxygen atoms in total. The van der Waals surface area contributed by atoms with Crippen LogP contribution in [0.3, 0.4) is 0 Å². The van der Waals surface area contributed by atoms with Crippen molar-refractivity contribution >= 4 is 53.5 Å². The molecule has 106 valence electrons. The van der Waals surface area contributed by atoms with Crippen molar-refractivity contribution in [3.8, 4) is 0 Å². The van der Waals surface area contributed by atoms with Crippen molar-refractivity contribution in [2.75, 3.05) is 11.5 Å². The monoisotopic (exact) mass is 434 g/mol. The fourth-order valence-electron chi connectivity index (χ4n) is 1.58. The lowest BCUT2D eigenvalue weighted by atomic mass is 10.4. The minimum Gasteiger partial charge on any atom is -0.224 e. The first-order valence-electron chi connectivity index (χ1n) is 5.85. The summed E-state index contributed by atoms with van der Waals surface area (Å²) in [6.45, 7) is 0. The summed E-state index contributed by atoms with van der Waals surface area (Å²) in [6, 6.07) is 14.5. The lowest BCUT2D eigenvalue weighted by molar-refractivity contribution is 0.597. The third-order valence-corrected chi connectivity index (χ3v) is 7.17. The topological polar surface area (TPSA) is 34.1 Å². The molecule has 0 aromatic heterocycles. The quantitative estimate of drug-likeness (QED) is 0.633. The molecule has 2 aromatic rings. The fourth-order valence-corrected chi connectivity index (χ4v) is 5.07. The number of hydrogen-bond donors (Lipinski definition) is 0. The Kier molecular flexibility index (Phi) is 5.72. The van der Waals surface area contributed by atoms with Crippen molar-refractivity contribution in [2.45, 2.75) is 9.79 Å². The van der Waals surface area contributed by atoms with Crippen LogP contribution < -0.4 is 0 Å². The molecule has 0 aliphatic carbocycles. The first-order valence-corrected chi connectivity index (χ1v) is 10.1. The minimum atomic E-state index is -3.22. The van der Waals surface area contributed by atoms with E-state index >= 15 is 0 Å². The molecule has 6 heteroatoms. The fraction of sp³-hybridized carbons (Fsp3) is 0.143. The molecule has 0 saturated carbocycles. The normalized spacial score (nSPS) is 11.5. The van der Waals surface area contributed by atoms with Crippen LogP contribution in [0.4, 0.5) is 0 Å². The second kappa shape index (κ2) is 7.11. The van der Waals surface area contributed by atoms with Crippen LogP contribution in [0.1, 0.15) is 0 Å². The van der Waals surface area contributed by atoms with Crippen LogP contribution in [0.2, 0.25) is 0 Å². The summed E-state index contributed by atoms with van der Waals surface area (Å²) < 4.78 is 26.2. The van der Waals surface area contributed by atoms with E-state index in [9.17, 15) is 8.42 Å². The molecule has 0 aliphatic rings. The van der Waals surface area contributed by atoms with Gasteiger partial charge in [0.05, 0.1) is 10.6 Å². The van der Waals surface area contributed by atoms with Crippen molar-refractivity contribution < 1.29 is 8.42 Å². The molecule has 0 N–H and O–H groups in total. The Bertz CT molecular complexity index is 683. The molecule has 2 aromatic carbocycles. The summed E-state index contributed by atoms with van der Waals surface area (Å²) in [5.41, 5.74) is 0. The van der Waals surface area contributed by atoms with E-state index in [4.69, 9.17) is 0 Å². The molecule has 0 heterocycles. The third-order valence-electron chi connectivity index (χ3n) is 2.62. The Morgan fingerprint density at radius 2 is 1.60 bits per heavy atom. The van der Waals surface area contributed by atoms with Crippen molar-refractivity contribution in [3.05, 3.63) is 57.5 Å². The summed E-state index contributed by atoms with van der Waals surface area (Å²) in [7, 11) is -3.22. The van der Waals surface area contributed by atoms with Crippen LogP contribution in [0.15, 0.2) is 67.3 Å². The number of halogens is 2. The molecule has 0 aliphatic heterocycles. The van der Waals surface area contributed by atoms with Crippen LogP contribution in [-0.2, 0) is 9.84 Å². The van der Waals surface area contributed by atoms with Crippen LogP contribution in [-0.4, -0.2) is 19.9 Å². The largest absolute Gasteiger partial charge is 0.224 e. The number of sulfone groups is 1. The lowest BCUT2D eigenvalue weighted by Gasteiger charge is -2.06. The van der Waals surface area contributed by atoms with Crippen molar-refractivity contribution in [2.24, 2.45) is 0 Å². The van der Waals surface area contributed by atoms with E-state index in [-0.39, 0.29) is 5.75 Å². The predicted octanol–water partition coefficient (Wildman–Crippen LogP) is 4.78. The van der Waals surface area contributed by atoms with E-state index in [0.717, 1.165) is 13.8 Å². The highest BCUT2D eigenvalue weighted by molar-refractivity contribution is 9.10. The van der Waals surface area contributed by atoms with E-state index in [2.05, 4.69) is 31.9 Å². The van der Waals surface area contributed by atoms with E-state index in [1.54, 1.807) is 24.3 Å². The highest BCUT2D eigenvalue weighted by Crippen LogP contribution is 2.27. The van der Waals surface area contributed by atoms with Gasteiger partial charge in [-0.1, -0.05) is 28.1 Å². The first-order chi connectivity index (χ1) is 9.49.